The molecule has 0 aromatic rings. The normalized spacial score (nSPS) is 57.2. The third-order valence-corrected chi connectivity index (χ3v) is 9.64. The minimum Gasteiger partial charge on any atom is -0.393 e. The molecule has 5 aliphatic carbocycles. The Labute approximate surface area is 146 Å². The molecule has 0 radical (unpaired) electrons. The van der Waals surface area contributed by atoms with Gasteiger partial charge >= 0.3 is 0 Å². The molecule has 0 spiro atoms. The van der Waals surface area contributed by atoms with Gasteiger partial charge in [0.2, 0.25) is 0 Å². The largest absolute Gasteiger partial charge is 0.393 e. The Morgan fingerprint density at radius 1 is 0.958 bits per heavy atom. The molecule has 0 aromatic carbocycles. The maximum atomic E-state index is 12.9. The van der Waals surface area contributed by atoms with E-state index >= 15 is 0 Å². The van der Waals surface area contributed by atoms with Gasteiger partial charge in [0, 0.05) is 11.8 Å². The smallest absolute Gasteiger partial charge is 0.139 e. The number of aliphatic hydroxyl groups excluding tert-OH is 1. The average Bonchev–Trinajstić information content (AvgIpc) is 3.34. The zero-order valence-corrected chi connectivity index (χ0v) is 15.5. The first kappa shape index (κ1) is 15.9. The molecule has 0 amide bonds. The molecule has 5 rings (SSSR count). The van der Waals surface area contributed by atoms with Gasteiger partial charge in [-0.05, 0) is 98.7 Å². The number of rotatable bonds is 1. The topological polar surface area (TPSA) is 37.3 Å². The van der Waals surface area contributed by atoms with Crippen LogP contribution in [0.15, 0.2) is 0 Å². The van der Waals surface area contributed by atoms with E-state index in [-0.39, 0.29) is 11.5 Å². The van der Waals surface area contributed by atoms with Gasteiger partial charge in [0.1, 0.15) is 5.78 Å². The Hall–Kier alpha value is -0.370. The summed E-state index contributed by atoms with van der Waals surface area (Å²) in [6.45, 7) is 4.88. The molecule has 8 unspecified atom stereocenters. The van der Waals surface area contributed by atoms with Crippen LogP contribution in [-0.2, 0) is 4.79 Å². The van der Waals surface area contributed by atoms with Crippen molar-refractivity contribution >= 4 is 5.78 Å². The van der Waals surface area contributed by atoms with Crippen molar-refractivity contribution in [2.45, 2.75) is 84.2 Å². The van der Waals surface area contributed by atoms with E-state index in [1.807, 2.05) is 0 Å². The molecule has 24 heavy (non-hydrogen) atoms. The molecular weight excluding hydrogens is 296 g/mol. The number of carbonyl (C=O) groups is 1. The van der Waals surface area contributed by atoms with Gasteiger partial charge in [-0.15, -0.1) is 0 Å². The van der Waals surface area contributed by atoms with E-state index < -0.39 is 0 Å². The lowest BCUT2D eigenvalue weighted by molar-refractivity contribution is -0.145. The van der Waals surface area contributed by atoms with Crippen LogP contribution in [0.3, 0.4) is 0 Å². The zero-order valence-electron chi connectivity index (χ0n) is 15.5. The third kappa shape index (κ3) is 2.01. The predicted molar refractivity (Wildman–Crippen MR) is 94.3 cm³/mol. The average molecular weight is 331 g/mol. The van der Waals surface area contributed by atoms with Crippen molar-refractivity contribution in [3.63, 3.8) is 0 Å². The summed E-state index contributed by atoms with van der Waals surface area (Å²) in [5, 5.41) is 10.2. The highest BCUT2D eigenvalue weighted by Gasteiger charge is 2.64. The third-order valence-electron chi connectivity index (χ3n) is 9.64. The Balaban J connectivity index is 1.49. The van der Waals surface area contributed by atoms with Gasteiger partial charge in [-0.1, -0.05) is 13.8 Å². The molecule has 5 fully saturated rings. The van der Waals surface area contributed by atoms with Crippen LogP contribution in [0.25, 0.3) is 0 Å². The van der Waals surface area contributed by atoms with Gasteiger partial charge in [-0.3, -0.25) is 4.79 Å². The van der Waals surface area contributed by atoms with E-state index in [1.165, 1.54) is 38.5 Å². The molecule has 1 N–H and O–H groups in total. The van der Waals surface area contributed by atoms with Gasteiger partial charge in [0.25, 0.3) is 0 Å². The predicted octanol–water partition coefficient (Wildman–Crippen LogP) is 4.60. The first-order chi connectivity index (χ1) is 11.4. The van der Waals surface area contributed by atoms with Gasteiger partial charge in [-0.2, -0.15) is 0 Å². The molecule has 5 saturated carbocycles. The molecule has 2 nitrogen and oxygen atoms in total. The lowest BCUT2D eigenvalue weighted by Gasteiger charge is -2.60. The quantitative estimate of drug-likeness (QED) is 0.763. The SMILES string of the molecule is CC12CCC3C(CCC4CC(O)CCC43C)C1C(C1CC1)CC2=O. The van der Waals surface area contributed by atoms with Crippen LogP contribution >= 0.6 is 0 Å². The van der Waals surface area contributed by atoms with Crippen molar-refractivity contribution in [3.05, 3.63) is 0 Å². The van der Waals surface area contributed by atoms with Crippen LogP contribution in [0, 0.1) is 46.3 Å². The van der Waals surface area contributed by atoms with Crippen LogP contribution in [-0.4, -0.2) is 17.0 Å². The summed E-state index contributed by atoms with van der Waals surface area (Å²) >= 11 is 0. The van der Waals surface area contributed by atoms with E-state index in [0.717, 1.165) is 49.4 Å². The first-order valence-electron chi connectivity index (χ1n) is 10.6. The summed E-state index contributed by atoms with van der Waals surface area (Å²) in [6, 6.07) is 0. The minimum absolute atomic E-state index is 0.00575. The lowest BCUT2D eigenvalue weighted by Crippen LogP contribution is -2.54. The van der Waals surface area contributed by atoms with Crippen molar-refractivity contribution in [3.8, 4) is 0 Å². The molecule has 134 valence electrons. The van der Waals surface area contributed by atoms with E-state index in [1.54, 1.807) is 0 Å². The summed E-state index contributed by atoms with van der Waals surface area (Å²) in [5.74, 6) is 5.20. The van der Waals surface area contributed by atoms with Crippen molar-refractivity contribution in [1.82, 2.24) is 0 Å². The Morgan fingerprint density at radius 2 is 1.75 bits per heavy atom. The maximum absolute atomic E-state index is 12.9. The number of carbonyl (C=O) groups excluding carboxylic acids is 1. The molecular formula is C22H34O2. The molecule has 2 heteroatoms. The Bertz CT molecular complexity index is 552. The molecule has 0 bridgehead atoms. The number of hydrogen-bond acceptors (Lipinski definition) is 2. The monoisotopic (exact) mass is 330 g/mol. The maximum Gasteiger partial charge on any atom is 0.139 e. The van der Waals surface area contributed by atoms with E-state index in [4.69, 9.17) is 0 Å². The molecule has 0 aromatic heterocycles. The lowest BCUT2D eigenvalue weighted by atomic mass is 9.44. The molecule has 5 aliphatic rings. The highest BCUT2D eigenvalue weighted by atomic mass is 16.3. The number of aliphatic hydroxyl groups is 1. The van der Waals surface area contributed by atoms with Crippen LogP contribution in [0.2, 0.25) is 0 Å². The van der Waals surface area contributed by atoms with E-state index in [9.17, 15) is 9.90 Å². The summed E-state index contributed by atoms with van der Waals surface area (Å²) in [5.41, 5.74) is 0.439. The van der Waals surface area contributed by atoms with Gasteiger partial charge < -0.3 is 5.11 Å². The second kappa shape index (κ2) is 5.09. The Kier molecular flexibility index (Phi) is 3.36. The van der Waals surface area contributed by atoms with Gasteiger partial charge in [0.15, 0.2) is 0 Å². The zero-order chi connectivity index (χ0) is 16.7. The summed E-state index contributed by atoms with van der Waals surface area (Å²) < 4.78 is 0. The fraction of sp³-hybridized carbons (Fsp3) is 0.955. The van der Waals surface area contributed by atoms with Crippen molar-refractivity contribution < 1.29 is 9.90 Å². The summed E-state index contributed by atoms with van der Waals surface area (Å²) in [7, 11) is 0. The standard InChI is InChI=1S/C22H34O2/c1-21-9-7-15(23)11-14(21)5-6-16-18(21)8-10-22(2)19(24)12-17(20(16)22)13-3-4-13/h13-18,20,23H,3-12H2,1-2H3. The number of fused-ring (bicyclic) bond motifs is 5. The number of ketones is 1. The van der Waals surface area contributed by atoms with Crippen LogP contribution in [0.4, 0.5) is 0 Å². The molecule has 0 aliphatic heterocycles. The Morgan fingerprint density at radius 3 is 2.50 bits per heavy atom. The first-order valence-corrected chi connectivity index (χ1v) is 10.6. The van der Waals surface area contributed by atoms with Crippen LogP contribution < -0.4 is 0 Å². The fourth-order valence-corrected chi connectivity index (χ4v) is 8.16. The van der Waals surface area contributed by atoms with Crippen LogP contribution in [0.1, 0.15) is 78.1 Å². The molecule has 0 saturated heterocycles. The summed E-state index contributed by atoms with van der Waals surface area (Å²) in [6.07, 6.45) is 11.9. The van der Waals surface area contributed by atoms with Crippen LogP contribution in [0.5, 0.6) is 0 Å². The van der Waals surface area contributed by atoms with Gasteiger partial charge in [-0.25, -0.2) is 0 Å². The summed E-state index contributed by atoms with van der Waals surface area (Å²) in [4.78, 5) is 12.9. The molecule has 0 heterocycles. The highest BCUT2D eigenvalue weighted by Crippen LogP contribution is 2.68. The van der Waals surface area contributed by atoms with Crippen molar-refractivity contribution in [2.75, 3.05) is 0 Å². The second-order valence-electron chi connectivity index (χ2n) is 10.6. The fourth-order valence-electron chi connectivity index (χ4n) is 8.16. The van der Waals surface area contributed by atoms with E-state index in [2.05, 4.69) is 13.8 Å². The highest BCUT2D eigenvalue weighted by molar-refractivity contribution is 5.87. The molecule has 8 atom stereocenters. The van der Waals surface area contributed by atoms with Crippen molar-refractivity contribution in [1.29, 1.82) is 0 Å². The number of hydrogen-bond donors (Lipinski definition) is 1. The van der Waals surface area contributed by atoms with Crippen molar-refractivity contribution in [2.24, 2.45) is 46.3 Å². The second-order valence-corrected chi connectivity index (χ2v) is 10.6. The van der Waals surface area contributed by atoms with Gasteiger partial charge in [0.05, 0.1) is 6.10 Å². The minimum atomic E-state index is -0.0549. The van der Waals surface area contributed by atoms with E-state index in [0.29, 0.717) is 23.0 Å². The number of Topliss-reactive ketones (excluding diaryl/α,β-unsaturated/α-hetero) is 1.